The van der Waals surface area contributed by atoms with Crippen LogP contribution in [-0.2, 0) is 4.74 Å². The first kappa shape index (κ1) is 12.4. The SMILES string of the molecule is CNCC=Cc1c[nH]c2cc(C(=O)OC)ccc12. The maximum Gasteiger partial charge on any atom is 0.337 e. The zero-order valence-electron chi connectivity index (χ0n) is 10.5. The van der Waals surface area contributed by atoms with Gasteiger partial charge in [-0.3, -0.25) is 0 Å². The van der Waals surface area contributed by atoms with Crippen LogP contribution in [0.15, 0.2) is 30.5 Å². The Hall–Kier alpha value is -2.07. The number of ether oxygens (including phenoxy) is 1. The van der Waals surface area contributed by atoms with Gasteiger partial charge in [0.25, 0.3) is 0 Å². The third kappa shape index (κ3) is 2.43. The molecule has 1 heterocycles. The van der Waals surface area contributed by atoms with Crippen molar-refractivity contribution in [2.45, 2.75) is 0 Å². The number of esters is 1. The van der Waals surface area contributed by atoms with E-state index in [0.717, 1.165) is 23.0 Å². The van der Waals surface area contributed by atoms with Gasteiger partial charge in [0.1, 0.15) is 0 Å². The lowest BCUT2D eigenvalue weighted by molar-refractivity contribution is 0.0601. The highest BCUT2D eigenvalue weighted by atomic mass is 16.5. The summed E-state index contributed by atoms with van der Waals surface area (Å²) in [5.74, 6) is -0.321. The first-order valence-electron chi connectivity index (χ1n) is 5.77. The third-order valence-corrected chi connectivity index (χ3v) is 2.75. The molecule has 0 atom stereocenters. The highest BCUT2D eigenvalue weighted by Gasteiger charge is 2.07. The van der Waals surface area contributed by atoms with Gasteiger partial charge in [-0.05, 0) is 24.7 Å². The molecule has 0 bridgehead atoms. The molecule has 1 aromatic heterocycles. The summed E-state index contributed by atoms with van der Waals surface area (Å²) in [6.07, 6.45) is 6.03. The van der Waals surface area contributed by atoms with Crippen LogP contribution in [0.2, 0.25) is 0 Å². The Labute approximate surface area is 106 Å². The average molecular weight is 244 g/mol. The second-order valence-electron chi connectivity index (χ2n) is 3.96. The highest BCUT2D eigenvalue weighted by molar-refractivity contribution is 5.96. The third-order valence-electron chi connectivity index (χ3n) is 2.75. The second kappa shape index (κ2) is 5.51. The van der Waals surface area contributed by atoms with Crippen LogP contribution >= 0.6 is 0 Å². The molecule has 0 saturated heterocycles. The number of aromatic amines is 1. The minimum absolute atomic E-state index is 0.321. The number of carbonyl (C=O) groups excluding carboxylic acids is 1. The van der Waals surface area contributed by atoms with E-state index in [2.05, 4.69) is 16.4 Å². The second-order valence-corrected chi connectivity index (χ2v) is 3.96. The molecular weight excluding hydrogens is 228 g/mol. The Morgan fingerprint density at radius 3 is 3.06 bits per heavy atom. The maximum atomic E-state index is 11.4. The lowest BCUT2D eigenvalue weighted by Crippen LogP contribution is -2.03. The van der Waals surface area contributed by atoms with Crippen molar-refractivity contribution in [2.75, 3.05) is 20.7 Å². The number of fused-ring (bicyclic) bond motifs is 1. The lowest BCUT2D eigenvalue weighted by Gasteiger charge is -1.99. The van der Waals surface area contributed by atoms with Crippen molar-refractivity contribution in [3.63, 3.8) is 0 Å². The Balaban J connectivity index is 2.34. The molecule has 94 valence electrons. The van der Waals surface area contributed by atoms with Gasteiger partial charge in [-0.25, -0.2) is 4.79 Å². The number of carbonyl (C=O) groups is 1. The highest BCUT2D eigenvalue weighted by Crippen LogP contribution is 2.21. The van der Waals surface area contributed by atoms with Crippen molar-refractivity contribution in [1.29, 1.82) is 0 Å². The topological polar surface area (TPSA) is 54.1 Å². The summed E-state index contributed by atoms with van der Waals surface area (Å²) in [7, 11) is 3.29. The molecule has 0 spiro atoms. The molecule has 0 fully saturated rings. The van der Waals surface area contributed by atoms with Crippen LogP contribution in [0, 0.1) is 0 Å². The summed E-state index contributed by atoms with van der Waals surface area (Å²) in [4.78, 5) is 14.6. The number of H-pyrrole nitrogens is 1. The smallest absolute Gasteiger partial charge is 0.337 e. The molecule has 0 aliphatic rings. The Morgan fingerprint density at radius 1 is 1.50 bits per heavy atom. The molecule has 4 heteroatoms. The molecule has 1 aromatic carbocycles. The fourth-order valence-electron chi connectivity index (χ4n) is 1.84. The lowest BCUT2D eigenvalue weighted by atomic mass is 10.1. The van der Waals surface area contributed by atoms with E-state index in [1.807, 2.05) is 25.4 Å². The number of rotatable bonds is 4. The number of hydrogen-bond donors (Lipinski definition) is 2. The van der Waals surface area contributed by atoms with Gasteiger partial charge in [0.2, 0.25) is 0 Å². The number of hydrogen-bond acceptors (Lipinski definition) is 3. The molecule has 2 N–H and O–H groups in total. The van der Waals surface area contributed by atoms with Crippen molar-refractivity contribution in [2.24, 2.45) is 0 Å². The Bertz CT molecular complexity index is 584. The molecule has 0 aliphatic carbocycles. The number of methoxy groups -OCH3 is 1. The molecule has 0 amide bonds. The van der Waals surface area contributed by atoms with Crippen LogP contribution in [0.4, 0.5) is 0 Å². The summed E-state index contributed by atoms with van der Waals surface area (Å²) in [6.45, 7) is 0.826. The van der Waals surface area contributed by atoms with Crippen LogP contribution < -0.4 is 5.32 Å². The van der Waals surface area contributed by atoms with Gasteiger partial charge in [-0.15, -0.1) is 0 Å². The van der Waals surface area contributed by atoms with Crippen molar-refractivity contribution in [3.8, 4) is 0 Å². The monoisotopic (exact) mass is 244 g/mol. The Morgan fingerprint density at radius 2 is 2.33 bits per heavy atom. The van der Waals surface area contributed by atoms with Crippen LogP contribution in [0.25, 0.3) is 17.0 Å². The fourth-order valence-corrected chi connectivity index (χ4v) is 1.84. The molecule has 0 unspecified atom stereocenters. The summed E-state index contributed by atoms with van der Waals surface area (Å²) >= 11 is 0. The van der Waals surface area contributed by atoms with Crippen molar-refractivity contribution in [3.05, 3.63) is 41.6 Å². The largest absolute Gasteiger partial charge is 0.465 e. The van der Waals surface area contributed by atoms with E-state index in [0.29, 0.717) is 5.56 Å². The molecule has 4 nitrogen and oxygen atoms in total. The zero-order valence-corrected chi connectivity index (χ0v) is 10.5. The number of benzene rings is 1. The molecule has 2 aromatic rings. The molecular formula is C14H16N2O2. The van der Waals surface area contributed by atoms with Crippen LogP contribution in [0.1, 0.15) is 15.9 Å². The van der Waals surface area contributed by atoms with Gasteiger partial charge < -0.3 is 15.0 Å². The fraction of sp³-hybridized carbons (Fsp3) is 0.214. The summed E-state index contributed by atoms with van der Waals surface area (Å²) in [5, 5.41) is 4.14. The van der Waals surface area contributed by atoms with Gasteiger partial charge in [0.05, 0.1) is 12.7 Å². The predicted molar refractivity (Wildman–Crippen MR) is 72.6 cm³/mol. The van der Waals surface area contributed by atoms with E-state index in [4.69, 9.17) is 4.74 Å². The van der Waals surface area contributed by atoms with Crippen LogP contribution in [-0.4, -0.2) is 31.7 Å². The minimum Gasteiger partial charge on any atom is -0.465 e. The first-order valence-corrected chi connectivity index (χ1v) is 5.77. The first-order chi connectivity index (χ1) is 8.76. The van der Waals surface area contributed by atoms with E-state index in [1.54, 1.807) is 12.1 Å². The minimum atomic E-state index is -0.321. The van der Waals surface area contributed by atoms with E-state index >= 15 is 0 Å². The number of likely N-dealkylation sites (N-methyl/N-ethyl adjacent to an activating group) is 1. The molecule has 0 radical (unpaired) electrons. The summed E-state index contributed by atoms with van der Waals surface area (Å²) in [5.41, 5.74) is 2.59. The molecule has 2 rings (SSSR count). The Kier molecular flexibility index (Phi) is 3.79. The number of aromatic nitrogens is 1. The van der Waals surface area contributed by atoms with E-state index in [9.17, 15) is 4.79 Å². The quantitative estimate of drug-likeness (QED) is 0.811. The average Bonchev–Trinajstić information content (AvgIpc) is 2.80. The van der Waals surface area contributed by atoms with Gasteiger partial charge in [0.15, 0.2) is 0 Å². The normalized spacial score (nSPS) is 11.2. The van der Waals surface area contributed by atoms with Crippen LogP contribution in [0.3, 0.4) is 0 Å². The predicted octanol–water partition coefficient (Wildman–Crippen LogP) is 2.19. The van der Waals surface area contributed by atoms with Crippen molar-refractivity contribution in [1.82, 2.24) is 10.3 Å². The van der Waals surface area contributed by atoms with Crippen LogP contribution in [0.5, 0.6) is 0 Å². The summed E-state index contributed by atoms with van der Waals surface area (Å²) in [6, 6.07) is 5.51. The summed E-state index contributed by atoms with van der Waals surface area (Å²) < 4.78 is 4.70. The zero-order chi connectivity index (χ0) is 13.0. The van der Waals surface area contributed by atoms with Gasteiger partial charge in [-0.1, -0.05) is 18.2 Å². The van der Waals surface area contributed by atoms with E-state index < -0.39 is 0 Å². The van der Waals surface area contributed by atoms with E-state index in [1.165, 1.54) is 7.11 Å². The van der Waals surface area contributed by atoms with Gasteiger partial charge in [0, 0.05) is 23.6 Å². The molecule has 0 saturated carbocycles. The molecule has 18 heavy (non-hydrogen) atoms. The van der Waals surface area contributed by atoms with E-state index in [-0.39, 0.29) is 5.97 Å². The van der Waals surface area contributed by atoms with Gasteiger partial charge >= 0.3 is 5.97 Å². The number of nitrogens with one attached hydrogen (secondary N) is 2. The van der Waals surface area contributed by atoms with Gasteiger partial charge in [-0.2, -0.15) is 0 Å². The molecule has 0 aliphatic heterocycles. The maximum absolute atomic E-state index is 11.4. The standard InChI is InChI=1S/C14H16N2O2/c1-15-7-3-4-11-9-16-13-8-10(14(17)18-2)5-6-12(11)13/h3-6,8-9,15-16H,7H2,1-2H3. The van der Waals surface area contributed by atoms with Crippen molar-refractivity contribution >= 4 is 22.9 Å². The van der Waals surface area contributed by atoms with Crippen molar-refractivity contribution < 1.29 is 9.53 Å².